The van der Waals surface area contributed by atoms with E-state index < -0.39 is 0 Å². The summed E-state index contributed by atoms with van der Waals surface area (Å²) in [5.41, 5.74) is 3.24. The Kier molecular flexibility index (Phi) is 3.00. The van der Waals surface area contributed by atoms with Crippen LogP contribution in [0.15, 0.2) is 23.3 Å². The van der Waals surface area contributed by atoms with Gasteiger partial charge in [-0.1, -0.05) is 31.4 Å². The van der Waals surface area contributed by atoms with Crippen molar-refractivity contribution in [2.24, 2.45) is 28.6 Å². The van der Waals surface area contributed by atoms with E-state index in [0.717, 1.165) is 37.0 Å². The molecule has 22 heavy (non-hydrogen) atoms. The van der Waals surface area contributed by atoms with Gasteiger partial charge in [0.2, 0.25) is 0 Å². The summed E-state index contributed by atoms with van der Waals surface area (Å²) in [6.45, 7) is 4.85. The fraction of sp³-hybridized carbons (Fsp3) is 0.667. The van der Waals surface area contributed by atoms with Crippen molar-refractivity contribution in [2.45, 2.75) is 58.8 Å². The van der Waals surface area contributed by atoms with E-state index in [9.17, 15) is 4.79 Å². The van der Waals surface area contributed by atoms with Gasteiger partial charge in [-0.05, 0) is 67.8 Å². The Morgan fingerprint density at radius 2 is 1.95 bits per heavy atom. The van der Waals surface area contributed by atoms with Gasteiger partial charge in [0, 0.05) is 17.4 Å². The topological polar surface area (TPSA) is 17.1 Å². The fourth-order valence-corrected chi connectivity index (χ4v) is 6.35. The van der Waals surface area contributed by atoms with Gasteiger partial charge in [-0.25, -0.2) is 0 Å². The molecular weight excluding hydrogens is 268 g/mol. The predicted octanol–water partition coefficient (Wildman–Crippen LogP) is 4.69. The van der Waals surface area contributed by atoms with Crippen LogP contribution in [-0.4, -0.2) is 5.78 Å². The van der Waals surface area contributed by atoms with Gasteiger partial charge in [-0.3, -0.25) is 4.79 Å². The third kappa shape index (κ3) is 1.70. The Hall–Kier alpha value is -1.29. The van der Waals surface area contributed by atoms with Crippen LogP contribution in [0.1, 0.15) is 58.8 Å². The van der Waals surface area contributed by atoms with Crippen LogP contribution in [-0.2, 0) is 4.79 Å². The molecule has 5 atom stereocenters. The van der Waals surface area contributed by atoms with E-state index in [-0.39, 0.29) is 10.8 Å². The molecular formula is C21H26O. The highest BCUT2D eigenvalue weighted by atomic mass is 16.1. The summed E-state index contributed by atoms with van der Waals surface area (Å²) in [6, 6.07) is 0. The smallest absolute Gasteiger partial charge is 0.155 e. The third-order valence-electron chi connectivity index (χ3n) is 7.70. The van der Waals surface area contributed by atoms with Crippen LogP contribution in [0.2, 0.25) is 0 Å². The molecule has 1 nitrogen and oxygen atoms in total. The van der Waals surface area contributed by atoms with Gasteiger partial charge >= 0.3 is 0 Å². The molecule has 0 amide bonds. The van der Waals surface area contributed by atoms with Crippen LogP contribution < -0.4 is 0 Å². The Morgan fingerprint density at radius 3 is 2.73 bits per heavy atom. The molecule has 116 valence electrons. The van der Waals surface area contributed by atoms with Gasteiger partial charge in [0.1, 0.15) is 0 Å². The summed E-state index contributed by atoms with van der Waals surface area (Å²) in [4.78, 5) is 11.8. The van der Waals surface area contributed by atoms with E-state index in [0.29, 0.717) is 5.78 Å². The van der Waals surface area contributed by atoms with E-state index in [1.807, 2.05) is 6.08 Å². The van der Waals surface area contributed by atoms with E-state index in [4.69, 9.17) is 6.42 Å². The second-order valence-corrected chi connectivity index (χ2v) is 8.42. The molecule has 2 fully saturated rings. The van der Waals surface area contributed by atoms with E-state index in [1.165, 1.54) is 36.8 Å². The lowest BCUT2D eigenvalue weighted by Gasteiger charge is -2.57. The molecule has 4 rings (SSSR count). The third-order valence-corrected chi connectivity index (χ3v) is 7.70. The number of hydrogen-bond donors (Lipinski definition) is 0. The maximum Gasteiger partial charge on any atom is 0.155 e. The fourth-order valence-electron chi connectivity index (χ4n) is 6.35. The number of rotatable bonds is 0. The molecule has 0 aromatic carbocycles. The Morgan fingerprint density at radius 1 is 1.14 bits per heavy atom. The number of carbonyl (C=O) groups is 1. The molecule has 1 heteroatoms. The van der Waals surface area contributed by atoms with Gasteiger partial charge in [0.15, 0.2) is 5.78 Å². The van der Waals surface area contributed by atoms with Gasteiger partial charge in [0.05, 0.1) is 0 Å². The highest BCUT2D eigenvalue weighted by Gasteiger charge is 2.56. The molecule has 0 aliphatic heterocycles. The van der Waals surface area contributed by atoms with Gasteiger partial charge in [-0.2, -0.15) is 0 Å². The van der Waals surface area contributed by atoms with Crippen molar-refractivity contribution in [1.29, 1.82) is 0 Å². The second kappa shape index (κ2) is 4.60. The molecule has 0 radical (unpaired) electrons. The monoisotopic (exact) mass is 294 g/mol. The molecule has 0 spiro atoms. The SMILES string of the molecule is C#CC1=CC[C@H]2[C@@H]3CCC4=CC(=O)CC[C@]4(C)[C@H]3CC[C@]12C. The second-order valence-electron chi connectivity index (χ2n) is 8.42. The zero-order valence-corrected chi connectivity index (χ0v) is 13.8. The first-order valence-corrected chi connectivity index (χ1v) is 8.90. The lowest BCUT2D eigenvalue weighted by Crippen LogP contribution is -2.50. The summed E-state index contributed by atoms with van der Waals surface area (Å²) < 4.78 is 0. The van der Waals surface area contributed by atoms with Crippen LogP contribution in [0.3, 0.4) is 0 Å². The minimum atomic E-state index is 0.248. The van der Waals surface area contributed by atoms with Gasteiger partial charge in [0.25, 0.3) is 0 Å². The highest BCUT2D eigenvalue weighted by Crippen LogP contribution is 2.65. The van der Waals surface area contributed by atoms with E-state index in [1.54, 1.807) is 0 Å². The molecule has 4 aliphatic rings. The van der Waals surface area contributed by atoms with Crippen molar-refractivity contribution in [3.8, 4) is 12.3 Å². The first-order valence-electron chi connectivity index (χ1n) is 8.90. The van der Waals surface area contributed by atoms with Crippen LogP contribution in [0.4, 0.5) is 0 Å². The average Bonchev–Trinajstić information content (AvgIpc) is 2.84. The first-order chi connectivity index (χ1) is 10.5. The summed E-state index contributed by atoms with van der Waals surface area (Å²) in [5, 5.41) is 0. The summed E-state index contributed by atoms with van der Waals surface area (Å²) in [7, 11) is 0. The quantitative estimate of drug-likeness (QED) is 0.592. The maximum atomic E-state index is 11.8. The lowest BCUT2D eigenvalue weighted by molar-refractivity contribution is -0.117. The minimum absolute atomic E-state index is 0.248. The first kappa shape index (κ1) is 14.3. The van der Waals surface area contributed by atoms with Crippen LogP contribution in [0.5, 0.6) is 0 Å². The summed E-state index contributed by atoms with van der Waals surface area (Å²) in [5.74, 6) is 5.60. The largest absolute Gasteiger partial charge is 0.295 e. The zero-order chi connectivity index (χ0) is 15.5. The van der Waals surface area contributed by atoms with Crippen molar-refractivity contribution in [2.75, 3.05) is 0 Å². The number of allylic oxidation sites excluding steroid dienone is 4. The number of hydrogen-bond acceptors (Lipinski definition) is 1. The Bertz CT molecular complexity index is 631. The number of ketones is 1. The average molecular weight is 294 g/mol. The zero-order valence-electron chi connectivity index (χ0n) is 13.8. The predicted molar refractivity (Wildman–Crippen MR) is 89.0 cm³/mol. The molecule has 4 aliphatic carbocycles. The van der Waals surface area contributed by atoms with Crippen molar-refractivity contribution in [1.82, 2.24) is 0 Å². The van der Waals surface area contributed by atoms with Crippen LogP contribution in [0, 0.1) is 40.9 Å². The van der Waals surface area contributed by atoms with Crippen LogP contribution in [0.25, 0.3) is 0 Å². The van der Waals surface area contributed by atoms with Gasteiger partial charge < -0.3 is 0 Å². The normalized spacial score (nSPS) is 46.8. The summed E-state index contributed by atoms with van der Waals surface area (Å²) >= 11 is 0. The van der Waals surface area contributed by atoms with E-state index >= 15 is 0 Å². The molecule has 0 unspecified atom stereocenters. The molecule has 0 aromatic rings. The van der Waals surface area contributed by atoms with Crippen molar-refractivity contribution < 1.29 is 4.79 Å². The number of terminal acetylenes is 1. The molecule has 0 N–H and O–H groups in total. The molecule has 0 saturated heterocycles. The highest BCUT2D eigenvalue weighted by molar-refractivity contribution is 5.91. The van der Waals surface area contributed by atoms with Crippen LogP contribution >= 0.6 is 0 Å². The van der Waals surface area contributed by atoms with Crippen molar-refractivity contribution in [3.05, 3.63) is 23.3 Å². The van der Waals surface area contributed by atoms with Crippen molar-refractivity contribution >= 4 is 5.78 Å². The van der Waals surface area contributed by atoms with Crippen molar-refractivity contribution in [3.63, 3.8) is 0 Å². The minimum Gasteiger partial charge on any atom is -0.295 e. The van der Waals surface area contributed by atoms with E-state index in [2.05, 4.69) is 25.8 Å². The lowest BCUT2D eigenvalue weighted by atomic mass is 9.47. The Labute approximate surface area is 134 Å². The number of fused-ring (bicyclic) bond motifs is 5. The molecule has 0 aromatic heterocycles. The molecule has 0 heterocycles. The molecule has 2 saturated carbocycles. The summed E-state index contributed by atoms with van der Waals surface area (Å²) in [6.07, 6.45) is 18.0. The standard InChI is InChI=1S/C21H26O/c1-4-14-6-8-18-17-7-5-15-13-16(22)9-11-21(15,3)19(17)10-12-20(14,18)2/h1,6,13,17-19H,5,7-12H2,2-3H3/t17-,18-,19-,20+,21-/m0/s1. The molecule has 0 bridgehead atoms. The number of carbonyl (C=O) groups excluding carboxylic acids is 1. The maximum absolute atomic E-state index is 11.8. The Balaban J connectivity index is 1.69. The van der Waals surface area contributed by atoms with Gasteiger partial charge in [-0.15, -0.1) is 6.42 Å².